The van der Waals surface area contributed by atoms with E-state index in [9.17, 15) is 4.79 Å². The van der Waals surface area contributed by atoms with Gasteiger partial charge in [0.05, 0.1) is 11.3 Å². The molecular weight excluding hydrogens is 250 g/mol. The monoisotopic (exact) mass is 259 g/mol. The van der Waals surface area contributed by atoms with Crippen LogP contribution in [0.5, 0.6) is 0 Å². The quantitative estimate of drug-likeness (QED) is 0.853. The molecule has 0 saturated carbocycles. The Labute approximate surface area is 109 Å². The van der Waals surface area contributed by atoms with E-state index in [1.165, 1.54) is 12.1 Å². The average Bonchev–Trinajstić information content (AvgIpc) is 2.38. The number of aliphatic imine (C=N–C) groups is 1. The summed E-state index contributed by atoms with van der Waals surface area (Å²) in [5, 5.41) is 9.53. The first-order valence-corrected chi connectivity index (χ1v) is 5.66. The summed E-state index contributed by atoms with van der Waals surface area (Å²) in [6, 6.07) is 13.7. The molecule has 0 heterocycles. The van der Waals surface area contributed by atoms with E-state index in [1.807, 2.05) is 12.1 Å². The van der Waals surface area contributed by atoms with E-state index in [0.29, 0.717) is 10.7 Å². The Morgan fingerprint density at radius 2 is 1.89 bits per heavy atom. The van der Waals surface area contributed by atoms with Gasteiger partial charge in [-0.15, -0.1) is 0 Å². The van der Waals surface area contributed by atoms with Crippen LogP contribution in [0, 0.1) is 0 Å². The third kappa shape index (κ3) is 3.18. The van der Waals surface area contributed by atoms with Crippen molar-refractivity contribution in [2.75, 3.05) is 0 Å². The van der Waals surface area contributed by atoms with Crippen molar-refractivity contribution in [1.29, 1.82) is 0 Å². The summed E-state index contributed by atoms with van der Waals surface area (Å²) < 4.78 is 0. The van der Waals surface area contributed by atoms with Gasteiger partial charge in [-0.05, 0) is 35.9 Å². The lowest BCUT2D eigenvalue weighted by Crippen LogP contribution is -1.94. The Bertz CT molecular complexity index is 591. The van der Waals surface area contributed by atoms with Crippen LogP contribution < -0.4 is 0 Å². The van der Waals surface area contributed by atoms with Crippen molar-refractivity contribution in [2.24, 2.45) is 4.99 Å². The molecule has 0 saturated heterocycles. The number of benzene rings is 2. The molecule has 0 bridgehead atoms. The third-order valence-corrected chi connectivity index (χ3v) is 2.58. The van der Waals surface area contributed by atoms with E-state index in [-0.39, 0.29) is 5.56 Å². The molecule has 0 aliphatic heterocycles. The van der Waals surface area contributed by atoms with Crippen molar-refractivity contribution in [3.63, 3.8) is 0 Å². The van der Waals surface area contributed by atoms with Gasteiger partial charge in [0, 0.05) is 11.2 Å². The van der Waals surface area contributed by atoms with Gasteiger partial charge in [0.1, 0.15) is 0 Å². The molecule has 2 rings (SSSR count). The van der Waals surface area contributed by atoms with Gasteiger partial charge in [0.2, 0.25) is 0 Å². The number of halogens is 1. The Morgan fingerprint density at radius 1 is 1.17 bits per heavy atom. The molecule has 0 aliphatic rings. The summed E-state index contributed by atoms with van der Waals surface area (Å²) in [7, 11) is 0. The summed E-state index contributed by atoms with van der Waals surface area (Å²) in [6.45, 7) is 0. The molecule has 90 valence electrons. The van der Waals surface area contributed by atoms with E-state index in [1.54, 1.807) is 30.5 Å². The fourth-order valence-corrected chi connectivity index (χ4v) is 1.54. The maximum absolute atomic E-state index is 10.8. The first kappa shape index (κ1) is 12.3. The van der Waals surface area contributed by atoms with Crippen molar-refractivity contribution in [2.45, 2.75) is 0 Å². The maximum Gasteiger partial charge on any atom is 0.335 e. The second-order valence-electron chi connectivity index (χ2n) is 3.67. The van der Waals surface area contributed by atoms with Crippen LogP contribution in [-0.4, -0.2) is 17.3 Å². The van der Waals surface area contributed by atoms with Crippen LogP contribution in [0.1, 0.15) is 15.9 Å². The van der Waals surface area contributed by atoms with Gasteiger partial charge >= 0.3 is 5.97 Å². The number of aromatic carboxylic acids is 1. The molecule has 0 atom stereocenters. The van der Waals surface area contributed by atoms with Crippen LogP contribution in [0.4, 0.5) is 5.69 Å². The molecule has 0 fully saturated rings. The molecule has 0 radical (unpaired) electrons. The maximum atomic E-state index is 10.8. The summed E-state index contributed by atoms with van der Waals surface area (Å²) >= 11 is 5.77. The zero-order valence-electron chi connectivity index (χ0n) is 9.38. The van der Waals surface area contributed by atoms with E-state index in [0.717, 1.165) is 5.56 Å². The summed E-state index contributed by atoms with van der Waals surface area (Å²) in [4.78, 5) is 15.0. The van der Waals surface area contributed by atoms with Gasteiger partial charge in [-0.2, -0.15) is 0 Å². The highest BCUT2D eigenvalue weighted by molar-refractivity contribution is 6.30. The Morgan fingerprint density at radius 3 is 2.56 bits per heavy atom. The predicted molar refractivity (Wildman–Crippen MR) is 72.1 cm³/mol. The normalized spacial score (nSPS) is 10.7. The van der Waals surface area contributed by atoms with Gasteiger partial charge in [0.15, 0.2) is 0 Å². The number of carboxylic acid groups (broad SMARTS) is 1. The molecule has 0 spiro atoms. The van der Waals surface area contributed by atoms with Gasteiger partial charge in [-0.3, -0.25) is 4.99 Å². The number of carboxylic acids is 1. The lowest BCUT2D eigenvalue weighted by atomic mass is 10.2. The molecule has 3 nitrogen and oxygen atoms in total. The fraction of sp³-hybridized carbons (Fsp3) is 0. The largest absolute Gasteiger partial charge is 0.478 e. The van der Waals surface area contributed by atoms with Crippen molar-refractivity contribution in [1.82, 2.24) is 0 Å². The molecule has 0 unspecified atom stereocenters. The molecule has 4 heteroatoms. The molecule has 0 aliphatic carbocycles. The zero-order valence-corrected chi connectivity index (χ0v) is 10.1. The highest BCUT2D eigenvalue weighted by Gasteiger charge is 2.01. The van der Waals surface area contributed by atoms with Gasteiger partial charge in [0.25, 0.3) is 0 Å². The Balaban J connectivity index is 2.20. The third-order valence-electron chi connectivity index (χ3n) is 2.33. The number of carbonyl (C=O) groups is 1. The average molecular weight is 260 g/mol. The second-order valence-corrected chi connectivity index (χ2v) is 4.10. The van der Waals surface area contributed by atoms with E-state index in [2.05, 4.69) is 4.99 Å². The lowest BCUT2D eigenvalue weighted by molar-refractivity contribution is 0.0697. The molecular formula is C14H10ClNO2. The first-order chi connectivity index (χ1) is 8.65. The van der Waals surface area contributed by atoms with Crippen LogP contribution in [0.25, 0.3) is 0 Å². The van der Waals surface area contributed by atoms with Gasteiger partial charge < -0.3 is 5.11 Å². The summed E-state index contributed by atoms with van der Waals surface area (Å²) in [5.41, 5.74) is 1.73. The number of hydrogen-bond acceptors (Lipinski definition) is 2. The van der Waals surface area contributed by atoms with E-state index < -0.39 is 5.97 Å². The standard InChI is InChI=1S/C14H10ClNO2/c15-12-6-4-10(5-7-12)9-16-13-3-1-2-11(8-13)14(17)18/h1-9H,(H,17,18). The van der Waals surface area contributed by atoms with Crippen molar-refractivity contribution < 1.29 is 9.90 Å². The fourth-order valence-electron chi connectivity index (χ4n) is 1.42. The predicted octanol–water partition coefficient (Wildman–Crippen LogP) is 3.79. The second kappa shape index (κ2) is 5.47. The minimum atomic E-state index is -0.960. The van der Waals surface area contributed by atoms with Gasteiger partial charge in [-0.1, -0.05) is 29.8 Å². The van der Waals surface area contributed by atoms with E-state index in [4.69, 9.17) is 16.7 Å². The molecule has 18 heavy (non-hydrogen) atoms. The van der Waals surface area contributed by atoms with Crippen LogP contribution >= 0.6 is 11.6 Å². The zero-order chi connectivity index (χ0) is 13.0. The minimum absolute atomic E-state index is 0.223. The minimum Gasteiger partial charge on any atom is -0.478 e. The van der Waals surface area contributed by atoms with Gasteiger partial charge in [-0.25, -0.2) is 4.79 Å². The molecule has 0 amide bonds. The van der Waals surface area contributed by atoms with Crippen molar-refractivity contribution in [3.8, 4) is 0 Å². The SMILES string of the molecule is O=C(O)c1cccc(N=Cc2ccc(Cl)cc2)c1. The highest BCUT2D eigenvalue weighted by atomic mass is 35.5. The summed E-state index contributed by atoms with van der Waals surface area (Å²) in [6.07, 6.45) is 1.66. The number of hydrogen-bond donors (Lipinski definition) is 1. The molecule has 0 aromatic heterocycles. The first-order valence-electron chi connectivity index (χ1n) is 5.28. The van der Waals surface area contributed by atoms with Crippen LogP contribution in [0.2, 0.25) is 5.02 Å². The van der Waals surface area contributed by atoms with Crippen molar-refractivity contribution in [3.05, 3.63) is 64.7 Å². The molecule has 2 aromatic carbocycles. The lowest BCUT2D eigenvalue weighted by Gasteiger charge is -1.97. The van der Waals surface area contributed by atoms with E-state index >= 15 is 0 Å². The Hall–Kier alpha value is -2.13. The Kier molecular flexibility index (Phi) is 3.75. The van der Waals surface area contributed by atoms with Crippen LogP contribution in [-0.2, 0) is 0 Å². The summed E-state index contributed by atoms with van der Waals surface area (Å²) in [5.74, 6) is -0.960. The number of rotatable bonds is 3. The number of nitrogens with zero attached hydrogens (tertiary/aromatic N) is 1. The smallest absolute Gasteiger partial charge is 0.335 e. The van der Waals surface area contributed by atoms with Crippen molar-refractivity contribution >= 4 is 29.5 Å². The van der Waals surface area contributed by atoms with Crippen LogP contribution in [0.3, 0.4) is 0 Å². The molecule has 1 N–H and O–H groups in total. The topological polar surface area (TPSA) is 49.7 Å². The molecule has 2 aromatic rings. The highest BCUT2D eigenvalue weighted by Crippen LogP contribution is 2.15. The van der Waals surface area contributed by atoms with Crippen LogP contribution in [0.15, 0.2) is 53.5 Å².